The number of carboxylic acid groups (broad SMARTS) is 1. The van der Waals surface area contributed by atoms with E-state index in [4.69, 9.17) is 5.11 Å². The molecular formula is C12H13N3O3. The first-order valence-electron chi connectivity index (χ1n) is 5.50. The number of nitrogens with zero attached hydrogens (tertiary/aromatic N) is 2. The fourth-order valence-corrected chi connectivity index (χ4v) is 1.63. The van der Waals surface area contributed by atoms with Gasteiger partial charge in [0.2, 0.25) is 0 Å². The Labute approximate surface area is 103 Å². The van der Waals surface area contributed by atoms with Crippen molar-refractivity contribution in [3.05, 3.63) is 30.0 Å². The van der Waals surface area contributed by atoms with Crippen LogP contribution in [0.2, 0.25) is 0 Å². The molecule has 0 saturated heterocycles. The molecule has 0 spiro atoms. The number of aromatic carboxylic acids is 1. The van der Waals surface area contributed by atoms with Crippen molar-refractivity contribution in [2.45, 2.75) is 13.0 Å². The molecule has 0 aliphatic rings. The number of hydrogen-bond donors (Lipinski definition) is 3. The Morgan fingerprint density at radius 3 is 2.78 bits per heavy atom. The maximum absolute atomic E-state index is 11.1. The number of carboxylic acids is 1. The Hall–Kier alpha value is -2.21. The minimum Gasteiger partial charge on any atom is -0.476 e. The number of carbonyl (C=O) groups is 1. The largest absolute Gasteiger partial charge is 0.476 e. The average Bonchev–Trinajstić information content (AvgIpc) is 2.35. The van der Waals surface area contributed by atoms with E-state index in [1.807, 2.05) is 0 Å². The minimum atomic E-state index is -1.15. The number of nitrogens with one attached hydrogen (secondary N) is 1. The van der Waals surface area contributed by atoms with Crippen LogP contribution in [0.25, 0.3) is 10.9 Å². The predicted molar refractivity (Wildman–Crippen MR) is 66.7 cm³/mol. The highest BCUT2D eigenvalue weighted by molar-refractivity contribution is 6.02. The molecule has 2 aromatic rings. The summed E-state index contributed by atoms with van der Waals surface area (Å²) in [7, 11) is 0. The molecule has 0 bridgehead atoms. The van der Waals surface area contributed by atoms with E-state index < -0.39 is 12.1 Å². The molecular weight excluding hydrogens is 234 g/mol. The molecule has 94 valence electrons. The molecule has 0 radical (unpaired) electrons. The van der Waals surface area contributed by atoms with Crippen molar-refractivity contribution >= 4 is 22.6 Å². The van der Waals surface area contributed by atoms with E-state index >= 15 is 0 Å². The SMILES string of the molecule is CC(O)CNc1c(C(=O)O)nnc2ccccc12. The molecule has 1 heterocycles. The zero-order valence-electron chi connectivity index (χ0n) is 9.79. The van der Waals surface area contributed by atoms with Crippen LogP contribution in [0.15, 0.2) is 24.3 Å². The third-order valence-electron chi connectivity index (χ3n) is 2.44. The number of fused-ring (bicyclic) bond motifs is 1. The van der Waals surface area contributed by atoms with E-state index in [0.717, 1.165) is 0 Å². The molecule has 1 unspecified atom stereocenters. The Morgan fingerprint density at radius 1 is 1.39 bits per heavy atom. The van der Waals surface area contributed by atoms with E-state index in [2.05, 4.69) is 15.5 Å². The Kier molecular flexibility index (Phi) is 3.38. The molecule has 3 N–H and O–H groups in total. The number of rotatable bonds is 4. The van der Waals surface area contributed by atoms with Crippen LogP contribution in [0.1, 0.15) is 17.4 Å². The monoisotopic (exact) mass is 247 g/mol. The van der Waals surface area contributed by atoms with Gasteiger partial charge >= 0.3 is 5.97 Å². The normalized spacial score (nSPS) is 12.3. The topological polar surface area (TPSA) is 95.3 Å². The van der Waals surface area contributed by atoms with Gasteiger partial charge in [-0.05, 0) is 13.0 Å². The molecule has 0 amide bonds. The summed E-state index contributed by atoms with van der Waals surface area (Å²) in [6.07, 6.45) is -0.585. The Balaban J connectivity index is 2.55. The summed E-state index contributed by atoms with van der Waals surface area (Å²) in [6, 6.07) is 7.11. The summed E-state index contributed by atoms with van der Waals surface area (Å²) in [5.74, 6) is -1.15. The van der Waals surface area contributed by atoms with Gasteiger partial charge < -0.3 is 15.5 Å². The quantitative estimate of drug-likeness (QED) is 0.749. The Morgan fingerprint density at radius 2 is 2.11 bits per heavy atom. The first-order chi connectivity index (χ1) is 8.59. The van der Waals surface area contributed by atoms with E-state index in [9.17, 15) is 9.90 Å². The highest BCUT2D eigenvalue weighted by atomic mass is 16.4. The van der Waals surface area contributed by atoms with E-state index in [-0.39, 0.29) is 12.2 Å². The molecule has 0 aliphatic carbocycles. The zero-order valence-corrected chi connectivity index (χ0v) is 9.79. The second-order valence-corrected chi connectivity index (χ2v) is 3.98. The second-order valence-electron chi connectivity index (χ2n) is 3.98. The summed E-state index contributed by atoms with van der Waals surface area (Å²) in [5, 5.41) is 29.5. The van der Waals surface area contributed by atoms with Crippen molar-refractivity contribution in [1.29, 1.82) is 0 Å². The molecule has 0 fully saturated rings. The number of hydrogen-bond acceptors (Lipinski definition) is 5. The summed E-state index contributed by atoms with van der Waals surface area (Å²) in [4.78, 5) is 11.1. The highest BCUT2D eigenvalue weighted by Crippen LogP contribution is 2.24. The maximum Gasteiger partial charge on any atom is 0.358 e. The molecule has 0 aliphatic heterocycles. The molecule has 1 aromatic heterocycles. The molecule has 1 aromatic carbocycles. The van der Waals surface area contributed by atoms with Crippen molar-refractivity contribution < 1.29 is 15.0 Å². The summed E-state index contributed by atoms with van der Waals surface area (Å²) < 4.78 is 0. The van der Waals surface area contributed by atoms with E-state index in [1.54, 1.807) is 31.2 Å². The number of anilines is 1. The van der Waals surface area contributed by atoms with Crippen molar-refractivity contribution in [3.8, 4) is 0 Å². The van der Waals surface area contributed by atoms with Gasteiger partial charge in [-0.1, -0.05) is 18.2 Å². The lowest BCUT2D eigenvalue weighted by molar-refractivity contribution is 0.0690. The molecule has 0 saturated carbocycles. The first-order valence-corrected chi connectivity index (χ1v) is 5.50. The second kappa shape index (κ2) is 4.97. The van der Waals surface area contributed by atoms with Crippen molar-refractivity contribution in [1.82, 2.24) is 10.2 Å². The van der Waals surface area contributed by atoms with Crippen LogP contribution in [-0.2, 0) is 0 Å². The first kappa shape index (κ1) is 12.3. The van der Waals surface area contributed by atoms with Gasteiger partial charge in [0.05, 0.1) is 17.3 Å². The predicted octanol–water partition coefficient (Wildman–Crippen LogP) is 1.12. The summed E-state index contributed by atoms with van der Waals surface area (Å²) in [6.45, 7) is 1.86. The smallest absolute Gasteiger partial charge is 0.358 e. The maximum atomic E-state index is 11.1. The van der Waals surface area contributed by atoms with Gasteiger partial charge in [0, 0.05) is 11.9 Å². The average molecular weight is 247 g/mol. The fourth-order valence-electron chi connectivity index (χ4n) is 1.63. The van der Waals surface area contributed by atoms with Crippen molar-refractivity contribution in [3.63, 3.8) is 0 Å². The van der Waals surface area contributed by atoms with Crippen LogP contribution in [0.5, 0.6) is 0 Å². The van der Waals surface area contributed by atoms with Crippen LogP contribution in [0, 0.1) is 0 Å². The van der Waals surface area contributed by atoms with Crippen LogP contribution < -0.4 is 5.32 Å². The standard InChI is InChI=1S/C12H13N3O3/c1-7(16)6-13-10-8-4-2-3-5-9(8)14-15-11(10)12(17)18/h2-5,7,16H,6H2,1H3,(H,13,14)(H,17,18). The molecule has 6 heteroatoms. The molecule has 1 atom stereocenters. The fraction of sp³-hybridized carbons (Fsp3) is 0.250. The van der Waals surface area contributed by atoms with E-state index in [0.29, 0.717) is 16.6 Å². The van der Waals surface area contributed by atoms with Crippen LogP contribution in [-0.4, -0.2) is 39.0 Å². The third kappa shape index (κ3) is 2.38. The lowest BCUT2D eigenvalue weighted by Gasteiger charge is -2.12. The highest BCUT2D eigenvalue weighted by Gasteiger charge is 2.16. The van der Waals surface area contributed by atoms with Crippen molar-refractivity contribution in [2.24, 2.45) is 0 Å². The van der Waals surface area contributed by atoms with Gasteiger partial charge in [-0.3, -0.25) is 0 Å². The van der Waals surface area contributed by atoms with Gasteiger partial charge in [-0.15, -0.1) is 10.2 Å². The lowest BCUT2D eigenvalue weighted by Crippen LogP contribution is -2.18. The number of aliphatic hydroxyl groups excluding tert-OH is 1. The van der Waals surface area contributed by atoms with Crippen LogP contribution >= 0.6 is 0 Å². The van der Waals surface area contributed by atoms with Gasteiger partial charge in [-0.2, -0.15) is 0 Å². The molecule has 18 heavy (non-hydrogen) atoms. The summed E-state index contributed by atoms with van der Waals surface area (Å²) >= 11 is 0. The van der Waals surface area contributed by atoms with Crippen LogP contribution in [0.4, 0.5) is 5.69 Å². The van der Waals surface area contributed by atoms with Gasteiger partial charge in [0.25, 0.3) is 0 Å². The summed E-state index contributed by atoms with van der Waals surface area (Å²) in [5.41, 5.74) is 0.846. The van der Waals surface area contributed by atoms with Gasteiger partial charge in [0.1, 0.15) is 0 Å². The lowest BCUT2D eigenvalue weighted by atomic mass is 10.1. The Bertz CT molecular complexity index is 584. The third-order valence-corrected chi connectivity index (χ3v) is 2.44. The van der Waals surface area contributed by atoms with Crippen LogP contribution in [0.3, 0.4) is 0 Å². The van der Waals surface area contributed by atoms with Gasteiger partial charge in [0.15, 0.2) is 5.69 Å². The van der Waals surface area contributed by atoms with Crippen molar-refractivity contribution in [2.75, 3.05) is 11.9 Å². The number of aromatic nitrogens is 2. The number of aliphatic hydroxyl groups is 1. The minimum absolute atomic E-state index is 0.144. The van der Waals surface area contributed by atoms with E-state index in [1.165, 1.54) is 0 Å². The number of benzene rings is 1. The van der Waals surface area contributed by atoms with Gasteiger partial charge in [-0.25, -0.2) is 4.79 Å². The molecule has 2 rings (SSSR count). The zero-order chi connectivity index (χ0) is 13.1. The molecule has 6 nitrogen and oxygen atoms in total.